The lowest BCUT2D eigenvalue weighted by atomic mass is 10.0. The summed E-state index contributed by atoms with van der Waals surface area (Å²) in [7, 11) is 1.59. The van der Waals surface area contributed by atoms with Gasteiger partial charge in [0.1, 0.15) is 11.8 Å². The molecule has 1 aromatic heterocycles. The molecule has 0 spiro atoms. The number of carboxylic acid groups (broad SMARTS) is 1. The summed E-state index contributed by atoms with van der Waals surface area (Å²) in [6, 6.07) is 4.68. The number of carboxylic acids is 1. The number of benzene rings is 1. The van der Waals surface area contributed by atoms with Crippen molar-refractivity contribution in [3.8, 4) is 5.75 Å². The quantitative estimate of drug-likeness (QED) is 0.443. The van der Waals surface area contributed by atoms with Crippen LogP contribution < -0.4 is 10.1 Å². The number of aromatic amines is 1. The number of unbranched alkanes of at least 4 members (excludes halogenated alkanes) is 6. The third-order valence-corrected chi connectivity index (χ3v) is 5.04. The van der Waals surface area contributed by atoms with Gasteiger partial charge in [-0.15, -0.1) is 0 Å². The van der Waals surface area contributed by atoms with Gasteiger partial charge in [-0.1, -0.05) is 45.4 Å². The second-order valence-corrected chi connectivity index (χ2v) is 7.26. The normalized spacial score (nSPS) is 12.1. The summed E-state index contributed by atoms with van der Waals surface area (Å²) >= 11 is 0. The third-order valence-electron chi connectivity index (χ3n) is 5.04. The third kappa shape index (κ3) is 6.59. The van der Waals surface area contributed by atoms with E-state index in [2.05, 4.69) is 17.2 Å². The molecule has 1 heterocycles. The Kier molecular flexibility index (Phi) is 8.85. The fourth-order valence-electron chi connectivity index (χ4n) is 3.38. The zero-order valence-corrected chi connectivity index (χ0v) is 16.9. The maximum Gasteiger partial charge on any atom is 0.326 e. The van der Waals surface area contributed by atoms with Gasteiger partial charge < -0.3 is 20.1 Å². The van der Waals surface area contributed by atoms with E-state index in [9.17, 15) is 14.7 Å². The Morgan fingerprint density at radius 1 is 1.14 bits per heavy atom. The van der Waals surface area contributed by atoms with Crippen LogP contribution in [0.3, 0.4) is 0 Å². The number of fused-ring (bicyclic) bond motifs is 1. The van der Waals surface area contributed by atoms with Crippen molar-refractivity contribution in [3.63, 3.8) is 0 Å². The number of aliphatic carboxylic acids is 1. The highest BCUT2D eigenvalue weighted by Gasteiger charge is 2.21. The van der Waals surface area contributed by atoms with Crippen LogP contribution in [0.15, 0.2) is 24.4 Å². The first kappa shape index (κ1) is 21.8. The summed E-state index contributed by atoms with van der Waals surface area (Å²) in [5.41, 5.74) is 1.76. The van der Waals surface area contributed by atoms with Crippen molar-refractivity contribution >= 4 is 22.8 Å². The first-order chi connectivity index (χ1) is 13.5. The molecule has 2 rings (SSSR count). The fourth-order valence-corrected chi connectivity index (χ4v) is 3.38. The van der Waals surface area contributed by atoms with E-state index >= 15 is 0 Å². The Labute approximate surface area is 166 Å². The maximum absolute atomic E-state index is 12.2. The molecular weight excluding hydrogens is 356 g/mol. The van der Waals surface area contributed by atoms with Gasteiger partial charge in [0.15, 0.2) is 0 Å². The van der Waals surface area contributed by atoms with E-state index in [-0.39, 0.29) is 12.3 Å². The van der Waals surface area contributed by atoms with Crippen LogP contribution in [0.1, 0.15) is 63.9 Å². The van der Waals surface area contributed by atoms with Gasteiger partial charge in [0.25, 0.3) is 0 Å². The summed E-state index contributed by atoms with van der Waals surface area (Å²) in [6.45, 7) is 2.19. The molecule has 28 heavy (non-hydrogen) atoms. The van der Waals surface area contributed by atoms with E-state index < -0.39 is 12.0 Å². The van der Waals surface area contributed by atoms with Crippen molar-refractivity contribution in [2.45, 2.75) is 70.8 Å². The first-order valence-electron chi connectivity index (χ1n) is 10.2. The van der Waals surface area contributed by atoms with Crippen LogP contribution in [0, 0.1) is 0 Å². The van der Waals surface area contributed by atoms with Crippen LogP contribution in [0.25, 0.3) is 10.9 Å². The Hall–Kier alpha value is -2.50. The average Bonchev–Trinajstić information content (AvgIpc) is 3.08. The van der Waals surface area contributed by atoms with Crippen LogP contribution in [-0.2, 0) is 16.0 Å². The smallest absolute Gasteiger partial charge is 0.326 e. The summed E-state index contributed by atoms with van der Waals surface area (Å²) in [6.07, 6.45) is 10.3. The van der Waals surface area contributed by atoms with E-state index in [0.29, 0.717) is 12.2 Å². The van der Waals surface area contributed by atoms with Crippen molar-refractivity contribution in [2.24, 2.45) is 0 Å². The van der Waals surface area contributed by atoms with Crippen molar-refractivity contribution in [2.75, 3.05) is 7.11 Å². The molecule has 154 valence electrons. The molecule has 6 nitrogen and oxygen atoms in total. The van der Waals surface area contributed by atoms with Gasteiger partial charge in [-0.2, -0.15) is 0 Å². The molecule has 1 amide bonds. The van der Waals surface area contributed by atoms with Gasteiger partial charge in [-0.25, -0.2) is 4.79 Å². The standard InChI is InChI=1S/C22H32N2O4/c1-3-4-5-6-7-8-9-10-21(25)24-20(22(26)27)13-16-15-23-19-12-11-17(28-2)14-18(16)19/h11-12,14-15,20,23H,3-10,13H2,1-2H3,(H,24,25)(H,26,27)/t20-/m0/s1. The molecule has 2 aromatic rings. The number of ether oxygens (including phenoxy) is 1. The lowest BCUT2D eigenvalue weighted by Gasteiger charge is -2.14. The summed E-state index contributed by atoms with van der Waals surface area (Å²) in [5, 5.41) is 13.1. The number of carbonyl (C=O) groups excluding carboxylic acids is 1. The second-order valence-electron chi connectivity index (χ2n) is 7.26. The highest BCUT2D eigenvalue weighted by Crippen LogP contribution is 2.24. The predicted molar refractivity (Wildman–Crippen MR) is 111 cm³/mol. The summed E-state index contributed by atoms with van der Waals surface area (Å²) in [5.74, 6) is -0.508. The number of nitrogens with one attached hydrogen (secondary N) is 2. The molecular formula is C22H32N2O4. The number of H-pyrrole nitrogens is 1. The van der Waals surface area contributed by atoms with Gasteiger partial charge >= 0.3 is 5.97 Å². The molecule has 0 bridgehead atoms. The molecule has 0 radical (unpaired) electrons. The van der Waals surface area contributed by atoms with Crippen molar-refractivity contribution < 1.29 is 19.4 Å². The number of hydrogen-bond acceptors (Lipinski definition) is 3. The molecule has 0 aliphatic heterocycles. The Morgan fingerprint density at radius 3 is 2.54 bits per heavy atom. The molecule has 0 fully saturated rings. The minimum Gasteiger partial charge on any atom is -0.497 e. The predicted octanol–water partition coefficient (Wildman–Crippen LogP) is 4.43. The molecule has 0 aliphatic carbocycles. The SMILES string of the molecule is CCCCCCCCCC(=O)N[C@@H](Cc1c[nH]c2ccc(OC)cc12)C(=O)O. The van der Waals surface area contributed by atoms with E-state index in [1.54, 1.807) is 13.3 Å². The Bertz CT molecular complexity index is 769. The largest absolute Gasteiger partial charge is 0.497 e. The van der Waals surface area contributed by atoms with Crippen molar-refractivity contribution in [3.05, 3.63) is 30.0 Å². The Balaban J connectivity index is 1.86. The molecule has 0 unspecified atom stereocenters. The lowest BCUT2D eigenvalue weighted by molar-refractivity contribution is -0.141. The number of aromatic nitrogens is 1. The topological polar surface area (TPSA) is 91.4 Å². The van der Waals surface area contributed by atoms with Gasteiger partial charge in [-0.05, 0) is 30.2 Å². The van der Waals surface area contributed by atoms with Gasteiger partial charge in [0.05, 0.1) is 7.11 Å². The molecule has 6 heteroatoms. The fraction of sp³-hybridized carbons (Fsp3) is 0.545. The lowest BCUT2D eigenvalue weighted by Crippen LogP contribution is -2.42. The molecule has 1 atom stereocenters. The van der Waals surface area contributed by atoms with Crippen LogP contribution in [0.4, 0.5) is 0 Å². The summed E-state index contributed by atoms with van der Waals surface area (Å²) < 4.78 is 5.25. The van der Waals surface area contributed by atoms with Crippen LogP contribution in [0.5, 0.6) is 5.75 Å². The number of amides is 1. The molecule has 0 aliphatic rings. The van der Waals surface area contributed by atoms with E-state index in [4.69, 9.17) is 4.74 Å². The molecule has 1 aromatic carbocycles. The average molecular weight is 389 g/mol. The zero-order chi connectivity index (χ0) is 20.4. The summed E-state index contributed by atoms with van der Waals surface area (Å²) in [4.78, 5) is 27.0. The molecule has 0 saturated heterocycles. The van der Waals surface area contributed by atoms with Gasteiger partial charge in [0, 0.05) is 29.9 Å². The van der Waals surface area contributed by atoms with Crippen LogP contribution >= 0.6 is 0 Å². The van der Waals surface area contributed by atoms with E-state index in [0.717, 1.165) is 35.7 Å². The minimum absolute atomic E-state index is 0.196. The van der Waals surface area contributed by atoms with Crippen LogP contribution in [-0.4, -0.2) is 35.1 Å². The molecule has 3 N–H and O–H groups in total. The Morgan fingerprint density at radius 2 is 1.86 bits per heavy atom. The number of rotatable bonds is 13. The number of methoxy groups -OCH3 is 1. The maximum atomic E-state index is 12.2. The molecule has 0 saturated carbocycles. The highest BCUT2D eigenvalue weighted by molar-refractivity contribution is 5.87. The second kappa shape index (κ2) is 11.4. The number of hydrogen-bond donors (Lipinski definition) is 3. The van der Waals surface area contributed by atoms with Gasteiger partial charge in [0.2, 0.25) is 5.91 Å². The van der Waals surface area contributed by atoms with Crippen molar-refractivity contribution in [1.82, 2.24) is 10.3 Å². The van der Waals surface area contributed by atoms with Crippen LogP contribution in [0.2, 0.25) is 0 Å². The van der Waals surface area contributed by atoms with Gasteiger partial charge in [-0.3, -0.25) is 4.79 Å². The van der Waals surface area contributed by atoms with Crippen molar-refractivity contribution in [1.29, 1.82) is 0 Å². The minimum atomic E-state index is -1.02. The zero-order valence-electron chi connectivity index (χ0n) is 16.9. The monoisotopic (exact) mass is 388 g/mol. The first-order valence-corrected chi connectivity index (χ1v) is 10.2. The highest BCUT2D eigenvalue weighted by atomic mass is 16.5. The number of carbonyl (C=O) groups is 2. The van der Waals surface area contributed by atoms with E-state index in [1.807, 2.05) is 18.2 Å². The van der Waals surface area contributed by atoms with E-state index in [1.165, 1.54) is 25.7 Å².